The van der Waals surface area contributed by atoms with Crippen LogP contribution in [0.25, 0.3) is 0 Å². The summed E-state index contributed by atoms with van der Waals surface area (Å²) in [4.78, 5) is 0.299. The molecule has 0 aromatic carbocycles. The van der Waals surface area contributed by atoms with Gasteiger partial charge in [-0.05, 0) is 50.4 Å². The molecule has 23 heavy (non-hydrogen) atoms. The molecule has 3 aliphatic carbocycles. The Morgan fingerprint density at radius 3 is 2.48 bits per heavy atom. The summed E-state index contributed by atoms with van der Waals surface area (Å²) in [6.45, 7) is 0. The molecule has 7 heteroatoms. The summed E-state index contributed by atoms with van der Waals surface area (Å²) in [6.07, 6.45) is 12.8. The van der Waals surface area contributed by atoms with Crippen LogP contribution in [0.3, 0.4) is 0 Å². The Kier molecular flexibility index (Phi) is 3.77. The Balaban J connectivity index is 1.40. The van der Waals surface area contributed by atoms with Crippen LogP contribution in [0, 0.1) is 5.41 Å². The highest BCUT2D eigenvalue weighted by atomic mass is 32.2. The van der Waals surface area contributed by atoms with Gasteiger partial charge in [-0.25, -0.2) is 13.1 Å². The third-order valence-electron chi connectivity index (χ3n) is 6.14. The molecule has 4 rings (SSSR count). The number of hydrogen-bond acceptors (Lipinski definition) is 4. The number of nitrogens with zero attached hydrogens (tertiary/aromatic N) is 2. The fraction of sp³-hybridized carbons (Fsp3) is 0.812. The molecule has 0 amide bonds. The van der Waals surface area contributed by atoms with Crippen molar-refractivity contribution in [1.82, 2.24) is 14.5 Å². The second kappa shape index (κ2) is 5.57. The first-order chi connectivity index (χ1) is 11.0. The fourth-order valence-electron chi connectivity index (χ4n) is 4.38. The van der Waals surface area contributed by atoms with E-state index in [1.165, 1.54) is 19.0 Å². The molecule has 1 aromatic heterocycles. The van der Waals surface area contributed by atoms with E-state index in [4.69, 9.17) is 5.73 Å². The van der Waals surface area contributed by atoms with Crippen molar-refractivity contribution in [3.63, 3.8) is 0 Å². The molecule has 3 aliphatic rings. The average Bonchev–Trinajstić information content (AvgIpc) is 3.01. The van der Waals surface area contributed by atoms with Crippen LogP contribution in [0.15, 0.2) is 17.3 Å². The van der Waals surface area contributed by atoms with Gasteiger partial charge in [-0.2, -0.15) is 5.10 Å². The third-order valence-corrected chi connectivity index (χ3v) is 7.62. The Hall–Kier alpha value is -0.920. The van der Waals surface area contributed by atoms with Crippen molar-refractivity contribution in [3.8, 4) is 0 Å². The van der Waals surface area contributed by atoms with Crippen LogP contribution in [0.4, 0.5) is 0 Å². The van der Waals surface area contributed by atoms with E-state index < -0.39 is 10.0 Å². The highest BCUT2D eigenvalue weighted by Gasteiger charge is 2.53. The number of nitrogens with one attached hydrogen (secondary N) is 1. The van der Waals surface area contributed by atoms with Crippen LogP contribution in [0.5, 0.6) is 0 Å². The van der Waals surface area contributed by atoms with Crippen molar-refractivity contribution < 1.29 is 8.42 Å². The van der Waals surface area contributed by atoms with E-state index in [-0.39, 0.29) is 6.04 Å². The van der Waals surface area contributed by atoms with E-state index in [0.717, 1.165) is 44.9 Å². The van der Waals surface area contributed by atoms with E-state index in [9.17, 15) is 8.42 Å². The second-order valence-corrected chi connectivity index (χ2v) is 9.38. The van der Waals surface area contributed by atoms with Gasteiger partial charge in [-0.3, -0.25) is 4.68 Å². The largest absolute Gasteiger partial charge is 0.327 e. The van der Waals surface area contributed by atoms with Crippen molar-refractivity contribution >= 4 is 10.0 Å². The summed E-state index contributed by atoms with van der Waals surface area (Å²) < 4.78 is 29.9. The molecule has 1 spiro atoms. The van der Waals surface area contributed by atoms with Gasteiger partial charge in [0.1, 0.15) is 4.90 Å². The molecule has 1 unspecified atom stereocenters. The number of sulfonamides is 1. The van der Waals surface area contributed by atoms with Gasteiger partial charge in [-0.1, -0.05) is 12.8 Å². The highest BCUT2D eigenvalue weighted by molar-refractivity contribution is 7.89. The zero-order valence-electron chi connectivity index (χ0n) is 13.4. The second-order valence-electron chi connectivity index (χ2n) is 7.66. The van der Waals surface area contributed by atoms with Crippen LogP contribution in [0.1, 0.15) is 63.8 Å². The first-order valence-corrected chi connectivity index (χ1v) is 10.3. The average molecular weight is 338 g/mol. The summed E-state index contributed by atoms with van der Waals surface area (Å²) in [5.41, 5.74) is 6.34. The molecule has 128 valence electrons. The standard InChI is InChI=1S/C16H26N4O2S/c17-15-9-16(15)7-5-12(6-8-16)19-23(21,22)14-10-18-20(11-14)13-3-1-2-4-13/h10-13,15,19H,1-9,17H2. The van der Waals surface area contributed by atoms with Crippen LogP contribution >= 0.6 is 0 Å². The maximum atomic E-state index is 12.6. The number of nitrogens with two attached hydrogens (primary N) is 1. The molecule has 3 fully saturated rings. The normalized spacial score (nSPS) is 35.0. The SMILES string of the molecule is NC1CC12CCC(NS(=O)(=O)c1cnn(C3CCCC3)c1)CC2. The van der Waals surface area contributed by atoms with Crippen LogP contribution in [-0.2, 0) is 10.0 Å². The van der Waals surface area contributed by atoms with Gasteiger partial charge in [0.2, 0.25) is 10.0 Å². The van der Waals surface area contributed by atoms with Crippen LogP contribution in [0.2, 0.25) is 0 Å². The van der Waals surface area contributed by atoms with Gasteiger partial charge in [-0.15, -0.1) is 0 Å². The van der Waals surface area contributed by atoms with Crippen molar-refractivity contribution in [3.05, 3.63) is 12.4 Å². The maximum Gasteiger partial charge on any atom is 0.243 e. The predicted molar refractivity (Wildman–Crippen MR) is 87.3 cm³/mol. The van der Waals surface area contributed by atoms with Gasteiger partial charge in [0.15, 0.2) is 0 Å². The van der Waals surface area contributed by atoms with Crippen molar-refractivity contribution in [2.45, 2.75) is 80.8 Å². The van der Waals surface area contributed by atoms with E-state index >= 15 is 0 Å². The number of rotatable bonds is 4. The van der Waals surface area contributed by atoms with E-state index in [0.29, 0.717) is 22.4 Å². The minimum atomic E-state index is -3.46. The lowest BCUT2D eigenvalue weighted by atomic mass is 9.83. The van der Waals surface area contributed by atoms with Gasteiger partial charge in [0, 0.05) is 18.3 Å². The van der Waals surface area contributed by atoms with Gasteiger partial charge < -0.3 is 5.73 Å². The van der Waals surface area contributed by atoms with Crippen molar-refractivity contribution in [2.24, 2.45) is 11.1 Å². The molecular formula is C16H26N4O2S. The first kappa shape index (κ1) is 15.6. The maximum absolute atomic E-state index is 12.6. The molecule has 3 saturated carbocycles. The molecule has 0 bridgehead atoms. The van der Waals surface area contributed by atoms with Crippen LogP contribution < -0.4 is 10.5 Å². The lowest BCUT2D eigenvalue weighted by molar-refractivity contribution is 0.286. The lowest BCUT2D eigenvalue weighted by Crippen LogP contribution is -2.38. The highest BCUT2D eigenvalue weighted by Crippen LogP contribution is 2.55. The van der Waals surface area contributed by atoms with Crippen molar-refractivity contribution in [1.29, 1.82) is 0 Å². The molecule has 3 N–H and O–H groups in total. The zero-order valence-corrected chi connectivity index (χ0v) is 14.3. The summed E-state index contributed by atoms with van der Waals surface area (Å²) in [5.74, 6) is 0. The van der Waals surface area contributed by atoms with Gasteiger partial charge in [0.25, 0.3) is 0 Å². The molecule has 1 aromatic rings. The Morgan fingerprint density at radius 2 is 1.87 bits per heavy atom. The number of hydrogen-bond donors (Lipinski definition) is 2. The third kappa shape index (κ3) is 2.94. The fourth-order valence-corrected chi connectivity index (χ4v) is 5.62. The molecule has 6 nitrogen and oxygen atoms in total. The topological polar surface area (TPSA) is 90.0 Å². The molecular weight excluding hydrogens is 312 g/mol. The number of aromatic nitrogens is 2. The van der Waals surface area contributed by atoms with Gasteiger partial charge in [0.05, 0.1) is 12.2 Å². The lowest BCUT2D eigenvalue weighted by Gasteiger charge is -2.29. The summed E-state index contributed by atoms with van der Waals surface area (Å²) in [6, 6.07) is 0.739. The minimum absolute atomic E-state index is 0.0354. The molecule has 1 atom stereocenters. The van der Waals surface area contributed by atoms with Gasteiger partial charge >= 0.3 is 0 Å². The van der Waals surface area contributed by atoms with E-state index in [1.807, 2.05) is 4.68 Å². The Labute approximate surface area is 137 Å². The predicted octanol–water partition coefficient (Wildman–Crippen LogP) is 1.94. The zero-order chi connectivity index (χ0) is 16.1. The van der Waals surface area contributed by atoms with Crippen LogP contribution in [-0.4, -0.2) is 30.3 Å². The Bertz CT molecular complexity index is 670. The smallest absolute Gasteiger partial charge is 0.243 e. The first-order valence-electron chi connectivity index (χ1n) is 8.81. The minimum Gasteiger partial charge on any atom is -0.327 e. The van der Waals surface area contributed by atoms with Crippen molar-refractivity contribution in [2.75, 3.05) is 0 Å². The summed E-state index contributed by atoms with van der Waals surface area (Å²) >= 11 is 0. The summed E-state index contributed by atoms with van der Waals surface area (Å²) in [5, 5.41) is 4.28. The van der Waals surface area contributed by atoms with E-state index in [1.54, 1.807) is 6.20 Å². The molecule has 0 aliphatic heterocycles. The summed E-state index contributed by atoms with van der Waals surface area (Å²) in [7, 11) is -3.46. The quantitative estimate of drug-likeness (QED) is 0.878. The molecule has 0 saturated heterocycles. The van der Waals surface area contributed by atoms with E-state index in [2.05, 4.69) is 9.82 Å². The molecule has 0 radical (unpaired) electrons. The monoisotopic (exact) mass is 338 g/mol. The molecule has 1 heterocycles. The Morgan fingerprint density at radius 1 is 1.22 bits per heavy atom.